The molecule has 9 nitrogen and oxygen atoms in total. The molecule has 1 fully saturated rings. The number of allylic oxidation sites excluding steroid dienone is 8. The molecule has 7 unspecified atom stereocenters. The number of carbonyl (C=O) groups is 1. The van der Waals surface area contributed by atoms with Gasteiger partial charge in [-0.25, -0.2) is 0 Å². The van der Waals surface area contributed by atoms with E-state index in [0.29, 0.717) is 12.8 Å². The Kier molecular flexibility index (Phi) is 37.6. The monoisotopic (exact) mass is 834 g/mol. The number of unbranched alkanes of at least 4 members (excludes halogenated alkanes) is 22. The maximum Gasteiger partial charge on any atom is 0.220 e. The van der Waals surface area contributed by atoms with Gasteiger partial charge in [0.1, 0.15) is 24.4 Å². The largest absolute Gasteiger partial charge is 0.394 e. The first-order chi connectivity index (χ1) is 28.8. The summed E-state index contributed by atoms with van der Waals surface area (Å²) in [6, 6.07) is -0.717. The predicted molar refractivity (Wildman–Crippen MR) is 244 cm³/mol. The molecular weight excluding hydrogens is 743 g/mol. The second-order valence-corrected chi connectivity index (χ2v) is 16.9. The topological polar surface area (TPSA) is 149 Å². The number of ether oxygens (including phenoxy) is 2. The average molecular weight is 834 g/mol. The lowest BCUT2D eigenvalue weighted by Crippen LogP contribution is -2.60. The van der Waals surface area contributed by atoms with Crippen LogP contribution in [-0.2, 0) is 14.3 Å². The van der Waals surface area contributed by atoms with Gasteiger partial charge in [-0.05, 0) is 51.4 Å². The Labute approximate surface area is 361 Å². The molecule has 6 N–H and O–H groups in total. The van der Waals surface area contributed by atoms with Gasteiger partial charge in [0.15, 0.2) is 6.29 Å². The van der Waals surface area contributed by atoms with Gasteiger partial charge in [-0.3, -0.25) is 4.79 Å². The molecule has 0 spiro atoms. The molecule has 0 aliphatic carbocycles. The molecule has 0 bridgehead atoms. The summed E-state index contributed by atoms with van der Waals surface area (Å²) in [4.78, 5) is 13.0. The lowest BCUT2D eigenvalue weighted by Gasteiger charge is -2.40. The van der Waals surface area contributed by atoms with Gasteiger partial charge >= 0.3 is 0 Å². The van der Waals surface area contributed by atoms with Crippen molar-refractivity contribution in [2.75, 3.05) is 13.2 Å². The molecular formula is C50H91NO8. The van der Waals surface area contributed by atoms with Crippen molar-refractivity contribution in [2.45, 2.75) is 249 Å². The molecule has 1 rings (SSSR count). The number of hydrogen-bond donors (Lipinski definition) is 6. The summed E-state index contributed by atoms with van der Waals surface area (Å²) in [6.45, 7) is 3.69. The normalized spacial score (nSPS) is 21.1. The standard InChI is InChI=1S/C50H91NO8/c1-3-5-7-9-11-13-14-15-16-17-18-19-20-21-22-23-24-25-26-27-28-29-30-32-34-36-38-40-46(54)51-43(44(53)39-37-35-33-31-12-10-8-6-4-2)42-58-50-49(57)48(56)47(55)45(41-52)59-50/h5,7,11,13,15-16,18-19,43-45,47-50,52-53,55-57H,3-4,6,8-10,12,14,17,20-42H2,1-2H3,(H,51,54)/b7-5-,13-11-,16-15-,19-18-. The first kappa shape index (κ1) is 55.2. The summed E-state index contributed by atoms with van der Waals surface area (Å²) in [5, 5.41) is 54.2. The van der Waals surface area contributed by atoms with Crippen LogP contribution in [0.5, 0.6) is 0 Å². The van der Waals surface area contributed by atoms with Crippen molar-refractivity contribution in [2.24, 2.45) is 0 Å². The Balaban J connectivity index is 2.17. The second kappa shape index (κ2) is 40.2. The third kappa shape index (κ3) is 30.8. The van der Waals surface area contributed by atoms with Crippen LogP contribution in [0.4, 0.5) is 0 Å². The molecule has 0 aromatic rings. The van der Waals surface area contributed by atoms with Crippen molar-refractivity contribution in [3.8, 4) is 0 Å². The van der Waals surface area contributed by atoms with Crippen LogP contribution >= 0.6 is 0 Å². The molecule has 59 heavy (non-hydrogen) atoms. The summed E-state index contributed by atoms with van der Waals surface area (Å²) in [5.74, 6) is -0.149. The zero-order valence-electron chi connectivity index (χ0n) is 37.7. The minimum absolute atomic E-state index is 0.139. The van der Waals surface area contributed by atoms with E-state index in [4.69, 9.17) is 9.47 Å². The van der Waals surface area contributed by atoms with Crippen LogP contribution in [0.2, 0.25) is 0 Å². The Hall–Kier alpha value is -1.85. The Morgan fingerprint density at radius 2 is 1.05 bits per heavy atom. The molecule has 1 amide bonds. The van der Waals surface area contributed by atoms with E-state index in [9.17, 15) is 30.3 Å². The third-order valence-electron chi connectivity index (χ3n) is 11.4. The van der Waals surface area contributed by atoms with Crippen molar-refractivity contribution in [3.05, 3.63) is 48.6 Å². The van der Waals surface area contributed by atoms with Crippen LogP contribution in [0, 0.1) is 0 Å². The number of rotatable bonds is 40. The van der Waals surface area contributed by atoms with Gasteiger partial charge in [0.25, 0.3) is 0 Å². The highest BCUT2D eigenvalue weighted by Crippen LogP contribution is 2.23. The fourth-order valence-electron chi connectivity index (χ4n) is 7.56. The van der Waals surface area contributed by atoms with Crippen molar-refractivity contribution in [1.82, 2.24) is 5.32 Å². The zero-order chi connectivity index (χ0) is 43.0. The van der Waals surface area contributed by atoms with E-state index in [1.807, 2.05) is 0 Å². The highest BCUT2D eigenvalue weighted by Gasteiger charge is 2.44. The zero-order valence-corrected chi connectivity index (χ0v) is 37.7. The van der Waals surface area contributed by atoms with Gasteiger partial charge in [-0.1, -0.05) is 197 Å². The molecule has 1 aliphatic rings. The number of aliphatic hydroxyl groups excluding tert-OH is 5. The third-order valence-corrected chi connectivity index (χ3v) is 11.4. The van der Waals surface area contributed by atoms with E-state index in [-0.39, 0.29) is 12.5 Å². The molecule has 1 saturated heterocycles. The number of nitrogens with one attached hydrogen (secondary N) is 1. The van der Waals surface area contributed by atoms with E-state index in [1.165, 1.54) is 116 Å². The van der Waals surface area contributed by atoms with Crippen molar-refractivity contribution in [1.29, 1.82) is 0 Å². The van der Waals surface area contributed by atoms with E-state index in [2.05, 4.69) is 67.8 Å². The van der Waals surface area contributed by atoms with Crippen molar-refractivity contribution in [3.63, 3.8) is 0 Å². The summed E-state index contributed by atoms with van der Waals surface area (Å²) in [6.07, 6.45) is 44.3. The van der Waals surface area contributed by atoms with Gasteiger partial charge in [-0.15, -0.1) is 0 Å². The SMILES string of the molecule is CC/C=C\C/C=C\C/C=C\C/C=C\CCCCCCCCCCCCCCCCC(=O)NC(COC1OC(CO)C(O)C(O)C1O)C(O)CCCCCCCCCCC. The quantitative estimate of drug-likeness (QED) is 0.0264. The van der Waals surface area contributed by atoms with Gasteiger partial charge in [0.2, 0.25) is 5.91 Å². The van der Waals surface area contributed by atoms with E-state index >= 15 is 0 Å². The molecule has 9 heteroatoms. The van der Waals surface area contributed by atoms with Crippen LogP contribution in [-0.4, -0.2) is 87.5 Å². The minimum atomic E-state index is -1.55. The van der Waals surface area contributed by atoms with Crippen LogP contribution in [0.25, 0.3) is 0 Å². The molecule has 0 aromatic carbocycles. The summed E-state index contributed by atoms with van der Waals surface area (Å²) in [7, 11) is 0. The second-order valence-electron chi connectivity index (χ2n) is 16.9. The van der Waals surface area contributed by atoms with Crippen LogP contribution in [0.15, 0.2) is 48.6 Å². The first-order valence-electron chi connectivity index (χ1n) is 24.3. The van der Waals surface area contributed by atoms with Crippen LogP contribution < -0.4 is 5.32 Å². The van der Waals surface area contributed by atoms with Gasteiger partial charge in [0.05, 0.1) is 25.4 Å². The molecule has 0 saturated carbocycles. The van der Waals surface area contributed by atoms with Crippen molar-refractivity contribution < 1.29 is 39.8 Å². The Bertz CT molecular complexity index is 1060. The number of amides is 1. The summed E-state index contributed by atoms with van der Waals surface area (Å²) >= 11 is 0. The first-order valence-corrected chi connectivity index (χ1v) is 24.3. The van der Waals surface area contributed by atoms with Crippen LogP contribution in [0.3, 0.4) is 0 Å². The molecule has 1 aliphatic heterocycles. The Morgan fingerprint density at radius 3 is 1.56 bits per heavy atom. The molecule has 7 atom stereocenters. The molecule has 344 valence electrons. The Morgan fingerprint density at radius 1 is 0.593 bits per heavy atom. The minimum Gasteiger partial charge on any atom is -0.394 e. The van der Waals surface area contributed by atoms with E-state index in [0.717, 1.165) is 64.2 Å². The maximum absolute atomic E-state index is 13.0. The summed E-state index contributed by atoms with van der Waals surface area (Å²) < 4.78 is 11.2. The highest BCUT2D eigenvalue weighted by atomic mass is 16.7. The fraction of sp³-hybridized carbons (Fsp3) is 0.820. The van der Waals surface area contributed by atoms with E-state index < -0.39 is 49.5 Å². The number of aliphatic hydroxyl groups is 5. The van der Waals surface area contributed by atoms with Crippen molar-refractivity contribution >= 4 is 5.91 Å². The fourth-order valence-corrected chi connectivity index (χ4v) is 7.56. The number of carbonyl (C=O) groups excluding carboxylic acids is 1. The molecule has 1 heterocycles. The van der Waals surface area contributed by atoms with Gasteiger partial charge < -0.3 is 40.3 Å². The number of hydrogen-bond acceptors (Lipinski definition) is 8. The van der Waals surface area contributed by atoms with Crippen LogP contribution in [0.1, 0.15) is 206 Å². The smallest absolute Gasteiger partial charge is 0.220 e. The molecule has 0 radical (unpaired) electrons. The lowest BCUT2D eigenvalue weighted by molar-refractivity contribution is -0.302. The summed E-state index contributed by atoms with van der Waals surface area (Å²) in [5.41, 5.74) is 0. The average Bonchev–Trinajstić information content (AvgIpc) is 3.23. The predicted octanol–water partition coefficient (Wildman–Crippen LogP) is 10.6. The lowest BCUT2D eigenvalue weighted by atomic mass is 9.99. The maximum atomic E-state index is 13.0. The molecule has 0 aromatic heterocycles. The van der Waals surface area contributed by atoms with Gasteiger partial charge in [0, 0.05) is 6.42 Å². The van der Waals surface area contributed by atoms with E-state index in [1.54, 1.807) is 0 Å². The van der Waals surface area contributed by atoms with Gasteiger partial charge in [-0.2, -0.15) is 0 Å². The highest BCUT2D eigenvalue weighted by molar-refractivity contribution is 5.76.